The summed E-state index contributed by atoms with van der Waals surface area (Å²) in [5, 5.41) is 21.2. The molecule has 0 aliphatic heterocycles. The van der Waals surface area contributed by atoms with Crippen molar-refractivity contribution in [3.05, 3.63) is 84.5 Å². The molecule has 5 aromatic heterocycles. The van der Waals surface area contributed by atoms with E-state index < -0.39 is 5.82 Å². The highest BCUT2D eigenvalue weighted by molar-refractivity contribution is 5.86. The van der Waals surface area contributed by atoms with Gasteiger partial charge in [-0.25, -0.2) is 23.6 Å². The summed E-state index contributed by atoms with van der Waals surface area (Å²) in [5.41, 5.74) is 4.93. The van der Waals surface area contributed by atoms with Gasteiger partial charge in [0.05, 0.1) is 47.6 Å². The third-order valence-corrected chi connectivity index (χ3v) is 6.15. The normalized spacial score (nSPS) is 11.9. The fraction of sp³-hybridized carbons (Fsp3) is 0.192. The maximum absolute atomic E-state index is 13.3. The highest BCUT2D eigenvalue weighted by Gasteiger charge is 2.17. The molecule has 5 rings (SSSR count). The molecule has 1 atom stereocenters. The van der Waals surface area contributed by atoms with Crippen molar-refractivity contribution in [1.29, 1.82) is 5.26 Å². The number of hydrogen-bond acceptors (Lipinski definition) is 7. The van der Waals surface area contributed by atoms with Gasteiger partial charge < -0.3 is 10.2 Å². The molecule has 5 aromatic rings. The highest BCUT2D eigenvalue weighted by atomic mass is 19.1. The van der Waals surface area contributed by atoms with Crippen LogP contribution in [-0.4, -0.2) is 43.0 Å². The number of nitrogens with one attached hydrogen (secondary N) is 1. The average molecular weight is 482 g/mol. The van der Waals surface area contributed by atoms with Gasteiger partial charge in [0, 0.05) is 37.1 Å². The lowest BCUT2D eigenvalue weighted by Gasteiger charge is -2.26. The fourth-order valence-corrected chi connectivity index (χ4v) is 4.11. The standard InChI is InChI=1S/C26H24FN9/c1-4-29-22-9-23(26-20(10-28)13-32-36(26)16-22)19-6-7-24(30-12-19)34(3)17(2)18-5-8-25(31-11-18)35-15-21(27)14-33-35/h5-9,11-17,29H,4H2,1-3H3. The second kappa shape index (κ2) is 9.46. The summed E-state index contributed by atoms with van der Waals surface area (Å²) in [4.78, 5) is 11.2. The predicted octanol–water partition coefficient (Wildman–Crippen LogP) is 4.62. The van der Waals surface area contributed by atoms with Gasteiger partial charge in [0.2, 0.25) is 0 Å². The minimum absolute atomic E-state index is 0.0110. The van der Waals surface area contributed by atoms with Crippen molar-refractivity contribution < 1.29 is 4.39 Å². The lowest BCUT2D eigenvalue weighted by atomic mass is 10.0. The number of anilines is 2. The van der Waals surface area contributed by atoms with Crippen LogP contribution >= 0.6 is 0 Å². The maximum Gasteiger partial charge on any atom is 0.161 e. The van der Waals surface area contributed by atoms with E-state index in [1.807, 2.05) is 56.7 Å². The molecule has 0 aliphatic carbocycles. The van der Waals surface area contributed by atoms with Crippen LogP contribution in [0.25, 0.3) is 22.5 Å². The number of fused-ring (bicyclic) bond motifs is 1. The van der Waals surface area contributed by atoms with Crippen LogP contribution in [0, 0.1) is 17.1 Å². The Hall–Kier alpha value is -4.78. The Labute approximate surface area is 207 Å². The largest absolute Gasteiger partial charge is 0.384 e. The Bertz CT molecular complexity index is 1550. The fourth-order valence-electron chi connectivity index (χ4n) is 4.11. The minimum Gasteiger partial charge on any atom is -0.384 e. The van der Waals surface area contributed by atoms with Gasteiger partial charge in [-0.05, 0) is 43.7 Å². The lowest BCUT2D eigenvalue weighted by molar-refractivity contribution is 0.627. The van der Waals surface area contributed by atoms with Gasteiger partial charge in [-0.1, -0.05) is 6.07 Å². The van der Waals surface area contributed by atoms with E-state index >= 15 is 0 Å². The first-order chi connectivity index (χ1) is 17.5. The average Bonchev–Trinajstić information content (AvgIpc) is 3.54. The van der Waals surface area contributed by atoms with Crippen LogP contribution in [0.15, 0.2) is 67.5 Å². The van der Waals surface area contributed by atoms with Gasteiger partial charge >= 0.3 is 0 Å². The molecular weight excluding hydrogens is 457 g/mol. The molecule has 0 saturated heterocycles. The zero-order chi connectivity index (χ0) is 25.2. The van der Waals surface area contributed by atoms with Crippen molar-refractivity contribution in [2.45, 2.75) is 19.9 Å². The molecule has 0 aliphatic rings. The lowest BCUT2D eigenvalue weighted by Crippen LogP contribution is -2.22. The van der Waals surface area contributed by atoms with Crippen molar-refractivity contribution in [1.82, 2.24) is 29.4 Å². The summed E-state index contributed by atoms with van der Waals surface area (Å²) in [6, 6.07) is 11.9. The Morgan fingerprint density at radius 3 is 2.58 bits per heavy atom. The number of hydrogen-bond donors (Lipinski definition) is 1. The van der Waals surface area contributed by atoms with Crippen LogP contribution in [0.2, 0.25) is 0 Å². The maximum atomic E-state index is 13.3. The summed E-state index contributed by atoms with van der Waals surface area (Å²) >= 11 is 0. The van der Waals surface area contributed by atoms with Gasteiger partial charge in [0.1, 0.15) is 11.9 Å². The molecule has 0 amide bonds. The van der Waals surface area contributed by atoms with Crippen LogP contribution < -0.4 is 10.2 Å². The Kier molecular flexibility index (Phi) is 6.04. The van der Waals surface area contributed by atoms with Gasteiger partial charge in [0.15, 0.2) is 11.6 Å². The highest BCUT2D eigenvalue weighted by Crippen LogP contribution is 2.31. The molecule has 1 unspecified atom stereocenters. The molecule has 0 spiro atoms. The molecule has 0 aromatic carbocycles. The van der Waals surface area contributed by atoms with Crippen molar-refractivity contribution in [2.75, 3.05) is 23.8 Å². The van der Waals surface area contributed by atoms with Crippen molar-refractivity contribution in [2.24, 2.45) is 0 Å². The third kappa shape index (κ3) is 4.22. The van der Waals surface area contributed by atoms with Crippen LogP contribution in [0.5, 0.6) is 0 Å². The number of nitrogens with zero attached hydrogens (tertiary/aromatic N) is 8. The monoisotopic (exact) mass is 481 g/mol. The molecule has 1 N–H and O–H groups in total. The van der Waals surface area contributed by atoms with E-state index in [0.717, 1.165) is 46.5 Å². The van der Waals surface area contributed by atoms with Crippen molar-refractivity contribution >= 4 is 17.0 Å². The molecule has 36 heavy (non-hydrogen) atoms. The zero-order valence-corrected chi connectivity index (χ0v) is 20.1. The number of rotatable bonds is 7. The van der Waals surface area contributed by atoms with E-state index in [9.17, 15) is 9.65 Å². The first kappa shape index (κ1) is 23.0. The Morgan fingerprint density at radius 1 is 1.08 bits per heavy atom. The second-order valence-corrected chi connectivity index (χ2v) is 8.38. The van der Waals surface area contributed by atoms with E-state index in [2.05, 4.69) is 38.4 Å². The van der Waals surface area contributed by atoms with Crippen molar-refractivity contribution in [3.63, 3.8) is 0 Å². The number of halogens is 1. The van der Waals surface area contributed by atoms with E-state index in [0.29, 0.717) is 11.4 Å². The summed E-state index contributed by atoms with van der Waals surface area (Å²) in [6.07, 6.45) is 9.46. The van der Waals surface area contributed by atoms with Crippen molar-refractivity contribution in [3.8, 4) is 23.0 Å². The number of pyridine rings is 3. The summed E-state index contributed by atoms with van der Waals surface area (Å²) < 4.78 is 16.4. The molecule has 10 heteroatoms. The van der Waals surface area contributed by atoms with Gasteiger partial charge in [0.25, 0.3) is 0 Å². The summed E-state index contributed by atoms with van der Waals surface area (Å²) in [6.45, 7) is 4.86. The Morgan fingerprint density at radius 2 is 1.94 bits per heavy atom. The topological polar surface area (TPSA) is 100.0 Å². The molecule has 0 fully saturated rings. The third-order valence-electron chi connectivity index (χ3n) is 6.15. The van der Waals surface area contributed by atoms with E-state index in [1.54, 1.807) is 16.9 Å². The van der Waals surface area contributed by atoms with E-state index in [1.165, 1.54) is 10.9 Å². The SMILES string of the molecule is CCNc1cc(-c2ccc(N(C)C(C)c3ccc(-n4cc(F)cn4)nc3)nc2)c2c(C#N)cnn2c1. The number of aromatic nitrogens is 6. The van der Waals surface area contributed by atoms with E-state index in [4.69, 9.17) is 4.98 Å². The van der Waals surface area contributed by atoms with Gasteiger partial charge in [-0.3, -0.25) is 0 Å². The van der Waals surface area contributed by atoms with Crippen LogP contribution in [0.3, 0.4) is 0 Å². The van der Waals surface area contributed by atoms with Crippen LogP contribution in [0.1, 0.15) is 31.0 Å². The van der Waals surface area contributed by atoms with E-state index in [-0.39, 0.29) is 6.04 Å². The molecule has 180 valence electrons. The first-order valence-electron chi connectivity index (χ1n) is 11.5. The smallest absolute Gasteiger partial charge is 0.161 e. The predicted molar refractivity (Wildman–Crippen MR) is 135 cm³/mol. The summed E-state index contributed by atoms with van der Waals surface area (Å²) in [5.74, 6) is 0.926. The molecular formula is C26H24FN9. The number of nitriles is 1. The quantitative estimate of drug-likeness (QED) is 0.362. The molecule has 9 nitrogen and oxygen atoms in total. The first-order valence-corrected chi connectivity index (χ1v) is 11.5. The zero-order valence-electron chi connectivity index (χ0n) is 20.1. The molecule has 0 bridgehead atoms. The molecule has 0 radical (unpaired) electrons. The minimum atomic E-state index is -0.408. The summed E-state index contributed by atoms with van der Waals surface area (Å²) in [7, 11) is 1.97. The van der Waals surface area contributed by atoms with Crippen LogP contribution in [0.4, 0.5) is 15.9 Å². The van der Waals surface area contributed by atoms with Gasteiger partial charge in [-0.2, -0.15) is 15.5 Å². The van der Waals surface area contributed by atoms with Crippen LogP contribution in [-0.2, 0) is 0 Å². The second-order valence-electron chi connectivity index (χ2n) is 8.38. The van der Waals surface area contributed by atoms with Gasteiger partial charge in [-0.15, -0.1) is 0 Å². The molecule has 0 saturated carbocycles. The Balaban J connectivity index is 1.41. The molecule has 5 heterocycles.